The number of carbonyl (C=O) groups excluding carboxylic acids is 1. The molecule has 0 aliphatic rings. The van der Waals surface area contributed by atoms with Gasteiger partial charge in [-0.3, -0.25) is 8.77 Å². The van der Waals surface area contributed by atoms with Gasteiger partial charge >= 0.3 is 3.92 Å². The molecule has 0 aliphatic carbocycles. The number of aryl methyl sites for hydroxylation is 1. The van der Waals surface area contributed by atoms with E-state index in [1.54, 1.807) is 6.20 Å². The lowest BCUT2D eigenvalue weighted by Gasteiger charge is -2.07. The lowest BCUT2D eigenvalue weighted by Crippen LogP contribution is -2.00. The van der Waals surface area contributed by atoms with Crippen LogP contribution in [0.1, 0.15) is 22.8 Å². The molecule has 6 heteroatoms. The third-order valence-corrected chi connectivity index (χ3v) is 3.76. The minimum Gasteiger partial charge on any atom is -0.294 e. The molecule has 0 spiro atoms. The molecular weight excluding hydrogens is 320 g/mol. The van der Waals surface area contributed by atoms with Gasteiger partial charge in [-0.1, -0.05) is 53.0 Å². The maximum atomic E-state index is 13.3. The number of carbonyl (C=O) groups is 1. The van der Waals surface area contributed by atoms with Crippen molar-refractivity contribution in [1.82, 2.24) is 3.97 Å². The SMILES string of the molecule is CC(=O)c1cn(SC(F)(Cl)Cl)cc1-c1cccc(C)c1. The average molecular weight is 332 g/mol. The van der Waals surface area contributed by atoms with Crippen molar-refractivity contribution in [3.8, 4) is 11.1 Å². The van der Waals surface area contributed by atoms with Gasteiger partial charge in [-0.25, -0.2) is 0 Å². The highest BCUT2D eigenvalue weighted by molar-refractivity contribution is 8.01. The Hall–Kier alpha value is -0.970. The molecule has 0 saturated heterocycles. The molecule has 1 heterocycles. The van der Waals surface area contributed by atoms with Gasteiger partial charge in [0.15, 0.2) is 5.78 Å². The molecule has 0 bridgehead atoms. The fraction of sp³-hybridized carbons (Fsp3) is 0.214. The summed E-state index contributed by atoms with van der Waals surface area (Å²) in [6.07, 6.45) is 3.18. The van der Waals surface area contributed by atoms with Gasteiger partial charge in [-0.15, -0.1) is 0 Å². The van der Waals surface area contributed by atoms with Crippen molar-refractivity contribution in [1.29, 1.82) is 0 Å². The second-order valence-electron chi connectivity index (χ2n) is 4.41. The summed E-state index contributed by atoms with van der Waals surface area (Å²) in [5.74, 6) is -0.102. The molecule has 0 aliphatic heterocycles. The van der Waals surface area contributed by atoms with Crippen LogP contribution >= 0.6 is 35.1 Å². The number of halogens is 3. The number of nitrogens with zero attached hydrogens (tertiary/aromatic N) is 1. The van der Waals surface area contributed by atoms with Crippen LogP contribution in [0.2, 0.25) is 0 Å². The Morgan fingerprint density at radius 3 is 2.60 bits per heavy atom. The van der Waals surface area contributed by atoms with Crippen LogP contribution < -0.4 is 0 Å². The second-order valence-corrected chi connectivity index (χ2v) is 7.26. The van der Waals surface area contributed by atoms with Gasteiger partial charge < -0.3 is 0 Å². The van der Waals surface area contributed by atoms with Gasteiger partial charge in [0.25, 0.3) is 0 Å². The number of aromatic nitrogens is 1. The van der Waals surface area contributed by atoms with E-state index in [1.165, 1.54) is 17.1 Å². The van der Waals surface area contributed by atoms with E-state index < -0.39 is 3.92 Å². The number of alkyl halides is 3. The highest BCUT2D eigenvalue weighted by Crippen LogP contribution is 2.39. The van der Waals surface area contributed by atoms with E-state index in [2.05, 4.69) is 0 Å². The Labute approximate surface area is 131 Å². The first-order chi connectivity index (χ1) is 9.26. The van der Waals surface area contributed by atoms with Gasteiger partial charge in [0.2, 0.25) is 0 Å². The highest BCUT2D eigenvalue weighted by Gasteiger charge is 2.25. The minimum atomic E-state index is -2.45. The maximum Gasteiger partial charge on any atom is 0.323 e. The normalized spacial score (nSPS) is 11.7. The lowest BCUT2D eigenvalue weighted by atomic mass is 10.0. The Kier molecular flexibility index (Phi) is 4.47. The fourth-order valence-corrected chi connectivity index (χ4v) is 2.96. The van der Waals surface area contributed by atoms with Crippen LogP contribution in [-0.4, -0.2) is 13.7 Å². The second kappa shape index (κ2) is 5.80. The van der Waals surface area contributed by atoms with Crippen molar-refractivity contribution in [2.75, 3.05) is 0 Å². The largest absolute Gasteiger partial charge is 0.323 e. The first-order valence-electron chi connectivity index (χ1n) is 5.82. The van der Waals surface area contributed by atoms with Crippen molar-refractivity contribution >= 4 is 40.9 Å². The molecule has 0 atom stereocenters. The van der Waals surface area contributed by atoms with Gasteiger partial charge in [0.05, 0.1) is 0 Å². The van der Waals surface area contributed by atoms with E-state index in [-0.39, 0.29) is 5.78 Å². The topological polar surface area (TPSA) is 22.0 Å². The third kappa shape index (κ3) is 3.78. The number of Topliss-reactive ketones (excluding diaryl/α,β-unsaturated/α-hetero) is 1. The summed E-state index contributed by atoms with van der Waals surface area (Å²) in [5, 5.41) is 0. The smallest absolute Gasteiger partial charge is 0.294 e. The Bertz CT molecular complexity index is 649. The van der Waals surface area contributed by atoms with Crippen LogP contribution in [0.4, 0.5) is 4.39 Å². The number of rotatable bonds is 4. The molecule has 0 fully saturated rings. The van der Waals surface area contributed by atoms with Crippen molar-refractivity contribution in [2.45, 2.75) is 17.8 Å². The van der Waals surface area contributed by atoms with Crippen molar-refractivity contribution in [3.63, 3.8) is 0 Å². The zero-order chi connectivity index (χ0) is 14.9. The zero-order valence-electron chi connectivity index (χ0n) is 10.9. The van der Waals surface area contributed by atoms with Gasteiger partial charge in [0.1, 0.15) is 0 Å². The summed E-state index contributed by atoms with van der Waals surface area (Å²) < 4.78 is 12.2. The fourth-order valence-electron chi connectivity index (χ4n) is 1.93. The van der Waals surface area contributed by atoms with Crippen LogP contribution in [0.15, 0.2) is 36.7 Å². The molecule has 2 rings (SSSR count). The molecule has 20 heavy (non-hydrogen) atoms. The summed E-state index contributed by atoms with van der Waals surface area (Å²) in [6, 6.07) is 7.73. The zero-order valence-corrected chi connectivity index (χ0v) is 13.2. The number of benzene rings is 1. The van der Waals surface area contributed by atoms with Gasteiger partial charge in [-0.2, -0.15) is 4.39 Å². The van der Waals surface area contributed by atoms with E-state index in [0.717, 1.165) is 16.7 Å². The molecule has 2 aromatic rings. The molecule has 2 nitrogen and oxygen atoms in total. The van der Waals surface area contributed by atoms with Crippen molar-refractivity contribution in [3.05, 3.63) is 47.8 Å². The molecule has 0 unspecified atom stereocenters. The van der Waals surface area contributed by atoms with E-state index >= 15 is 0 Å². The lowest BCUT2D eigenvalue weighted by molar-refractivity contribution is 0.101. The molecule has 1 aromatic carbocycles. The van der Waals surface area contributed by atoms with Crippen LogP contribution in [-0.2, 0) is 0 Å². The van der Waals surface area contributed by atoms with Crippen molar-refractivity contribution < 1.29 is 9.18 Å². The predicted octanol–water partition coefficient (Wildman–Crippen LogP) is 5.22. The molecule has 0 saturated carbocycles. The molecule has 0 N–H and O–H groups in total. The van der Waals surface area contributed by atoms with E-state index in [0.29, 0.717) is 17.5 Å². The minimum absolute atomic E-state index is 0.102. The monoisotopic (exact) mass is 331 g/mol. The van der Waals surface area contributed by atoms with E-state index in [1.807, 2.05) is 31.2 Å². The predicted molar refractivity (Wildman–Crippen MR) is 83.1 cm³/mol. The Balaban J connectivity index is 2.49. The van der Waals surface area contributed by atoms with Crippen LogP contribution in [0.25, 0.3) is 11.1 Å². The van der Waals surface area contributed by atoms with E-state index in [4.69, 9.17) is 23.2 Å². The summed E-state index contributed by atoms with van der Waals surface area (Å²) in [5.41, 5.74) is 3.20. The number of hydrogen-bond donors (Lipinski definition) is 0. The summed E-state index contributed by atoms with van der Waals surface area (Å²) in [4.78, 5) is 11.7. The maximum absolute atomic E-state index is 13.3. The molecule has 1 aromatic heterocycles. The number of ketones is 1. The molecule has 0 radical (unpaired) electrons. The summed E-state index contributed by atoms with van der Waals surface area (Å²) >= 11 is 11.3. The molecular formula is C14H12Cl2FNOS. The average Bonchev–Trinajstić information content (AvgIpc) is 2.70. The first-order valence-corrected chi connectivity index (χ1v) is 7.35. The third-order valence-electron chi connectivity index (χ3n) is 2.72. The highest BCUT2D eigenvalue weighted by atomic mass is 35.5. The Morgan fingerprint density at radius 1 is 1.35 bits per heavy atom. The standard InChI is InChI=1S/C14H12Cl2FNOS/c1-9-4-3-5-11(6-9)13-8-18(20-14(15,16)17)7-12(13)10(2)19/h3-8H,1-2H3. The molecule has 0 amide bonds. The summed E-state index contributed by atoms with van der Waals surface area (Å²) in [7, 11) is 0. The van der Waals surface area contributed by atoms with Gasteiger partial charge in [-0.05, 0) is 19.4 Å². The number of hydrogen-bond acceptors (Lipinski definition) is 2. The van der Waals surface area contributed by atoms with Crippen molar-refractivity contribution in [2.24, 2.45) is 0 Å². The van der Waals surface area contributed by atoms with Crippen LogP contribution in [0.5, 0.6) is 0 Å². The van der Waals surface area contributed by atoms with Gasteiger partial charge in [0, 0.05) is 35.5 Å². The first kappa shape index (κ1) is 15.4. The van der Waals surface area contributed by atoms with Crippen LogP contribution in [0.3, 0.4) is 0 Å². The molecule has 106 valence electrons. The summed E-state index contributed by atoms with van der Waals surface area (Å²) in [6.45, 7) is 3.43. The van der Waals surface area contributed by atoms with E-state index in [9.17, 15) is 9.18 Å². The Morgan fingerprint density at radius 2 is 2.05 bits per heavy atom. The van der Waals surface area contributed by atoms with Crippen LogP contribution in [0, 0.1) is 6.92 Å². The quantitative estimate of drug-likeness (QED) is 0.565.